The van der Waals surface area contributed by atoms with Crippen molar-refractivity contribution in [2.45, 2.75) is 57.0 Å². The largest absolute Gasteiger partial charge is 0.383 e. The van der Waals surface area contributed by atoms with Crippen LogP contribution >= 0.6 is 0 Å². The van der Waals surface area contributed by atoms with Crippen LogP contribution in [0.15, 0.2) is 24.3 Å². The van der Waals surface area contributed by atoms with Crippen molar-refractivity contribution in [2.24, 2.45) is 0 Å². The Morgan fingerprint density at radius 3 is 2.64 bits per heavy atom. The first-order valence-corrected chi connectivity index (χ1v) is 9.37. The smallest absolute Gasteiger partial charge is 0.247 e. The third-order valence-corrected chi connectivity index (χ3v) is 5.31. The van der Waals surface area contributed by atoms with Crippen LogP contribution in [0.3, 0.4) is 0 Å². The van der Waals surface area contributed by atoms with Gasteiger partial charge in [-0.05, 0) is 24.0 Å². The Balaban J connectivity index is 1.82. The number of rotatable bonds is 5. The molecule has 5 heteroatoms. The van der Waals surface area contributed by atoms with Crippen molar-refractivity contribution < 1.29 is 14.3 Å². The lowest BCUT2D eigenvalue weighted by molar-refractivity contribution is -0.142. The summed E-state index contributed by atoms with van der Waals surface area (Å²) in [5, 5.41) is 3.22. The zero-order valence-corrected chi connectivity index (χ0v) is 15.0. The Morgan fingerprint density at radius 1 is 1.20 bits per heavy atom. The van der Waals surface area contributed by atoms with E-state index in [0.717, 1.165) is 24.0 Å². The summed E-state index contributed by atoms with van der Waals surface area (Å²) in [5.41, 5.74) is 1.91. The summed E-state index contributed by atoms with van der Waals surface area (Å²) in [5.74, 6) is -0.0553. The molecule has 0 bridgehead atoms. The normalized spacial score (nSPS) is 21.6. The van der Waals surface area contributed by atoms with Crippen molar-refractivity contribution >= 4 is 11.8 Å². The third-order valence-electron chi connectivity index (χ3n) is 5.31. The van der Waals surface area contributed by atoms with Crippen LogP contribution in [0.2, 0.25) is 0 Å². The lowest BCUT2D eigenvalue weighted by Crippen LogP contribution is -2.50. The van der Waals surface area contributed by atoms with E-state index in [0.29, 0.717) is 19.6 Å². The molecular formula is C20H28N2O3. The number of hydrogen-bond donors (Lipinski definition) is 1. The maximum Gasteiger partial charge on any atom is 0.247 e. The summed E-state index contributed by atoms with van der Waals surface area (Å²) < 4.78 is 5.15. The number of nitrogens with zero attached hydrogens (tertiary/aromatic N) is 1. The van der Waals surface area contributed by atoms with Gasteiger partial charge < -0.3 is 15.0 Å². The van der Waals surface area contributed by atoms with Crippen molar-refractivity contribution in [3.05, 3.63) is 35.4 Å². The van der Waals surface area contributed by atoms with Gasteiger partial charge in [0.15, 0.2) is 0 Å². The highest BCUT2D eigenvalue weighted by atomic mass is 16.5. The Hall–Kier alpha value is -1.88. The highest BCUT2D eigenvalue weighted by Gasteiger charge is 2.37. The highest BCUT2D eigenvalue weighted by molar-refractivity contribution is 5.92. The molecule has 2 aliphatic rings. The van der Waals surface area contributed by atoms with Gasteiger partial charge in [-0.15, -0.1) is 0 Å². The molecule has 0 spiro atoms. The SMILES string of the molecule is COCCN1C(=O)Cc2ccccc2C1C(=O)NC1CCCCCC1. The molecule has 1 aromatic carbocycles. The molecule has 1 atom stereocenters. The van der Waals surface area contributed by atoms with E-state index in [4.69, 9.17) is 4.74 Å². The summed E-state index contributed by atoms with van der Waals surface area (Å²) in [6.45, 7) is 0.869. The molecule has 1 heterocycles. The van der Waals surface area contributed by atoms with E-state index in [1.54, 1.807) is 12.0 Å². The average Bonchev–Trinajstić information content (AvgIpc) is 2.88. The van der Waals surface area contributed by atoms with Crippen LogP contribution in [0.5, 0.6) is 0 Å². The quantitative estimate of drug-likeness (QED) is 0.835. The molecule has 5 nitrogen and oxygen atoms in total. The second-order valence-corrected chi connectivity index (χ2v) is 7.06. The van der Waals surface area contributed by atoms with Gasteiger partial charge in [0.1, 0.15) is 6.04 Å². The van der Waals surface area contributed by atoms with E-state index in [-0.39, 0.29) is 17.9 Å². The fraction of sp³-hybridized carbons (Fsp3) is 0.600. The van der Waals surface area contributed by atoms with E-state index in [1.807, 2.05) is 24.3 Å². The molecule has 0 aromatic heterocycles. The Labute approximate surface area is 149 Å². The summed E-state index contributed by atoms with van der Waals surface area (Å²) in [7, 11) is 1.61. The minimum Gasteiger partial charge on any atom is -0.383 e. The Bertz CT molecular complexity index is 609. The Kier molecular flexibility index (Phi) is 6.08. The second kappa shape index (κ2) is 8.48. The van der Waals surface area contributed by atoms with E-state index in [2.05, 4.69) is 5.32 Å². The Morgan fingerprint density at radius 2 is 1.92 bits per heavy atom. The molecular weight excluding hydrogens is 316 g/mol. The van der Waals surface area contributed by atoms with Crippen LogP contribution in [0.4, 0.5) is 0 Å². The van der Waals surface area contributed by atoms with Crippen molar-refractivity contribution in [1.82, 2.24) is 10.2 Å². The van der Waals surface area contributed by atoms with Crippen LogP contribution < -0.4 is 5.32 Å². The van der Waals surface area contributed by atoms with Gasteiger partial charge in [-0.3, -0.25) is 9.59 Å². The van der Waals surface area contributed by atoms with E-state index < -0.39 is 6.04 Å². The zero-order valence-electron chi connectivity index (χ0n) is 15.0. The second-order valence-electron chi connectivity index (χ2n) is 7.06. The molecule has 1 aliphatic carbocycles. The molecule has 1 fully saturated rings. The van der Waals surface area contributed by atoms with Gasteiger partial charge in [-0.1, -0.05) is 49.9 Å². The summed E-state index contributed by atoms with van der Waals surface area (Å²) in [4.78, 5) is 27.4. The number of nitrogens with one attached hydrogen (secondary N) is 1. The topological polar surface area (TPSA) is 58.6 Å². The van der Waals surface area contributed by atoms with Crippen LogP contribution in [0, 0.1) is 0 Å². The van der Waals surface area contributed by atoms with E-state index in [9.17, 15) is 9.59 Å². The van der Waals surface area contributed by atoms with Crippen LogP contribution in [0.1, 0.15) is 55.7 Å². The standard InChI is InChI=1S/C20H28N2O3/c1-25-13-12-22-18(23)14-15-8-6-7-11-17(15)19(22)20(24)21-16-9-4-2-3-5-10-16/h6-8,11,16,19H,2-5,9-10,12-14H2,1H3,(H,21,24). The number of ether oxygens (including phenoxy) is 1. The average molecular weight is 344 g/mol. The predicted octanol–water partition coefficient (Wildman–Crippen LogP) is 2.60. The van der Waals surface area contributed by atoms with Crippen LogP contribution in [-0.2, 0) is 20.7 Å². The number of hydrogen-bond acceptors (Lipinski definition) is 3. The van der Waals surface area contributed by atoms with Gasteiger partial charge in [-0.25, -0.2) is 0 Å². The summed E-state index contributed by atoms with van der Waals surface area (Å²) in [6.07, 6.45) is 7.25. The first-order valence-electron chi connectivity index (χ1n) is 9.37. The molecule has 136 valence electrons. The van der Waals surface area contributed by atoms with Crippen molar-refractivity contribution in [1.29, 1.82) is 0 Å². The fourth-order valence-corrected chi connectivity index (χ4v) is 3.97. The minimum absolute atomic E-state index is 0.00299. The molecule has 1 unspecified atom stereocenters. The number of methoxy groups -OCH3 is 1. The monoisotopic (exact) mass is 344 g/mol. The van der Waals surface area contributed by atoms with Gasteiger partial charge in [-0.2, -0.15) is 0 Å². The zero-order chi connectivity index (χ0) is 17.6. The molecule has 25 heavy (non-hydrogen) atoms. The van der Waals surface area contributed by atoms with Crippen LogP contribution in [-0.4, -0.2) is 43.0 Å². The van der Waals surface area contributed by atoms with Gasteiger partial charge in [0.2, 0.25) is 11.8 Å². The van der Waals surface area contributed by atoms with Crippen molar-refractivity contribution in [2.75, 3.05) is 20.3 Å². The molecule has 2 amide bonds. The molecule has 3 rings (SSSR count). The number of fused-ring (bicyclic) bond motifs is 1. The molecule has 0 saturated heterocycles. The number of carbonyl (C=O) groups excluding carboxylic acids is 2. The summed E-state index contributed by atoms with van der Waals surface area (Å²) >= 11 is 0. The fourth-order valence-electron chi connectivity index (χ4n) is 3.97. The predicted molar refractivity (Wildman–Crippen MR) is 96.1 cm³/mol. The maximum atomic E-state index is 13.1. The van der Waals surface area contributed by atoms with E-state index in [1.165, 1.54) is 25.7 Å². The van der Waals surface area contributed by atoms with E-state index >= 15 is 0 Å². The first-order chi connectivity index (χ1) is 12.2. The molecule has 1 aromatic rings. The molecule has 1 saturated carbocycles. The van der Waals surface area contributed by atoms with Gasteiger partial charge in [0.05, 0.1) is 13.0 Å². The number of benzene rings is 1. The number of carbonyl (C=O) groups is 2. The van der Waals surface area contributed by atoms with Crippen molar-refractivity contribution in [3.63, 3.8) is 0 Å². The van der Waals surface area contributed by atoms with Crippen LogP contribution in [0.25, 0.3) is 0 Å². The summed E-state index contributed by atoms with van der Waals surface area (Å²) in [6, 6.07) is 7.47. The molecule has 1 N–H and O–H groups in total. The third kappa shape index (κ3) is 4.21. The lowest BCUT2D eigenvalue weighted by Gasteiger charge is -2.37. The number of amides is 2. The molecule has 1 aliphatic heterocycles. The van der Waals surface area contributed by atoms with Crippen molar-refractivity contribution in [3.8, 4) is 0 Å². The maximum absolute atomic E-state index is 13.1. The van der Waals surface area contributed by atoms with Gasteiger partial charge in [0, 0.05) is 19.7 Å². The first kappa shape index (κ1) is 17.9. The minimum atomic E-state index is -0.546. The van der Waals surface area contributed by atoms with Gasteiger partial charge >= 0.3 is 0 Å². The van der Waals surface area contributed by atoms with Gasteiger partial charge in [0.25, 0.3) is 0 Å². The highest BCUT2D eigenvalue weighted by Crippen LogP contribution is 2.31. The lowest BCUT2D eigenvalue weighted by atomic mass is 9.91. The molecule has 0 radical (unpaired) electrons.